The summed E-state index contributed by atoms with van der Waals surface area (Å²) in [7, 11) is 1.83. The standard InChI is InChI=1S/C21H18ClN7O/c1-3-19(30)23-14-5-4-6-15(12-14)24-20-16-11-13(22)7-8-17(16)25-21(27-20)26-18-9-10-29(2)28-18/h3-12H,1H2,2H3,(H,23,30)(H2,24,25,26,27,28). The lowest BCUT2D eigenvalue weighted by Gasteiger charge is -2.12. The zero-order chi connectivity index (χ0) is 21.1. The van der Waals surface area contributed by atoms with Crippen molar-refractivity contribution in [3.63, 3.8) is 0 Å². The molecule has 3 N–H and O–H groups in total. The average Bonchev–Trinajstić information content (AvgIpc) is 3.13. The highest BCUT2D eigenvalue weighted by molar-refractivity contribution is 6.31. The summed E-state index contributed by atoms with van der Waals surface area (Å²) in [5, 5.41) is 14.8. The Labute approximate surface area is 177 Å². The second-order valence-corrected chi connectivity index (χ2v) is 6.89. The average molecular weight is 420 g/mol. The molecule has 0 unspecified atom stereocenters. The molecule has 1 amide bonds. The molecule has 0 bridgehead atoms. The van der Waals surface area contributed by atoms with E-state index in [2.05, 4.69) is 37.6 Å². The maximum atomic E-state index is 11.6. The van der Waals surface area contributed by atoms with E-state index < -0.39 is 0 Å². The van der Waals surface area contributed by atoms with Crippen LogP contribution in [0.25, 0.3) is 10.9 Å². The summed E-state index contributed by atoms with van der Waals surface area (Å²) in [6.45, 7) is 3.46. The largest absolute Gasteiger partial charge is 0.339 e. The number of amides is 1. The minimum atomic E-state index is -0.284. The summed E-state index contributed by atoms with van der Waals surface area (Å²) in [4.78, 5) is 20.7. The fraction of sp³-hybridized carbons (Fsp3) is 0.0476. The molecule has 4 aromatic rings. The number of halogens is 1. The van der Waals surface area contributed by atoms with E-state index in [4.69, 9.17) is 11.6 Å². The van der Waals surface area contributed by atoms with Crippen LogP contribution in [-0.4, -0.2) is 25.7 Å². The van der Waals surface area contributed by atoms with Gasteiger partial charge in [-0.2, -0.15) is 10.1 Å². The van der Waals surface area contributed by atoms with Crippen molar-refractivity contribution in [3.8, 4) is 0 Å². The Bertz CT molecular complexity index is 1250. The van der Waals surface area contributed by atoms with Gasteiger partial charge in [0, 0.05) is 41.1 Å². The molecule has 0 saturated heterocycles. The van der Waals surface area contributed by atoms with Gasteiger partial charge < -0.3 is 16.0 Å². The maximum Gasteiger partial charge on any atom is 0.247 e. The summed E-state index contributed by atoms with van der Waals surface area (Å²) in [5.74, 6) is 1.30. The van der Waals surface area contributed by atoms with Crippen LogP contribution in [0.3, 0.4) is 0 Å². The SMILES string of the molecule is C=CC(=O)Nc1cccc(Nc2nc(Nc3ccn(C)n3)nc3ccc(Cl)cc23)c1. The third-order valence-corrected chi connectivity index (χ3v) is 4.42. The zero-order valence-electron chi connectivity index (χ0n) is 16.1. The highest BCUT2D eigenvalue weighted by Gasteiger charge is 2.11. The van der Waals surface area contributed by atoms with E-state index in [0.717, 1.165) is 11.1 Å². The van der Waals surface area contributed by atoms with Crippen molar-refractivity contribution in [2.24, 2.45) is 7.05 Å². The van der Waals surface area contributed by atoms with Gasteiger partial charge in [0.05, 0.1) is 5.52 Å². The van der Waals surface area contributed by atoms with Crippen LogP contribution in [0.15, 0.2) is 67.4 Å². The summed E-state index contributed by atoms with van der Waals surface area (Å²) in [6.07, 6.45) is 3.04. The molecule has 2 aromatic carbocycles. The van der Waals surface area contributed by atoms with E-state index in [-0.39, 0.29) is 5.91 Å². The Hall–Kier alpha value is -3.91. The lowest BCUT2D eigenvalue weighted by atomic mass is 10.2. The van der Waals surface area contributed by atoms with E-state index >= 15 is 0 Å². The molecule has 2 heterocycles. The minimum Gasteiger partial charge on any atom is -0.339 e. The number of fused-ring (bicyclic) bond motifs is 1. The first-order valence-corrected chi connectivity index (χ1v) is 9.42. The number of hydrogen-bond acceptors (Lipinski definition) is 6. The molecular weight excluding hydrogens is 402 g/mol. The number of nitrogens with zero attached hydrogens (tertiary/aromatic N) is 4. The zero-order valence-corrected chi connectivity index (χ0v) is 16.8. The second kappa shape index (κ2) is 8.22. The summed E-state index contributed by atoms with van der Waals surface area (Å²) in [5.41, 5.74) is 2.08. The number of carbonyl (C=O) groups is 1. The van der Waals surface area contributed by atoms with Gasteiger partial charge in [-0.3, -0.25) is 9.48 Å². The van der Waals surface area contributed by atoms with Crippen molar-refractivity contribution in [1.29, 1.82) is 0 Å². The third-order valence-electron chi connectivity index (χ3n) is 4.19. The highest BCUT2D eigenvalue weighted by atomic mass is 35.5. The van der Waals surface area contributed by atoms with Gasteiger partial charge in [-0.1, -0.05) is 24.2 Å². The fourth-order valence-corrected chi connectivity index (χ4v) is 3.02. The van der Waals surface area contributed by atoms with Crippen molar-refractivity contribution >= 4 is 57.4 Å². The van der Waals surface area contributed by atoms with Crippen LogP contribution in [-0.2, 0) is 11.8 Å². The highest BCUT2D eigenvalue weighted by Crippen LogP contribution is 2.29. The van der Waals surface area contributed by atoms with Crippen LogP contribution < -0.4 is 16.0 Å². The maximum absolute atomic E-state index is 11.6. The quantitative estimate of drug-likeness (QED) is 0.394. The Morgan fingerprint density at radius 3 is 2.70 bits per heavy atom. The molecule has 150 valence electrons. The molecule has 30 heavy (non-hydrogen) atoms. The normalized spacial score (nSPS) is 10.6. The molecule has 0 fully saturated rings. The topological polar surface area (TPSA) is 96.8 Å². The van der Waals surface area contributed by atoms with Gasteiger partial charge in [0.15, 0.2) is 5.82 Å². The van der Waals surface area contributed by atoms with Crippen molar-refractivity contribution < 1.29 is 4.79 Å². The van der Waals surface area contributed by atoms with Gasteiger partial charge >= 0.3 is 0 Å². The molecule has 0 radical (unpaired) electrons. The molecule has 0 saturated carbocycles. The minimum absolute atomic E-state index is 0.284. The van der Waals surface area contributed by atoms with Gasteiger partial charge in [-0.25, -0.2) is 4.98 Å². The van der Waals surface area contributed by atoms with Crippen molar-refractivity contribution in [1.82, 2.24) is 19.7 Å². The number of nitrogens with one attached hydrogen (secondary N) is 3. The van der Waals surface area contributed by atoms with E-state index in [1.165, 1.54) is 6.08 Å². The lowest BCUT2D eigenvalue weighted by molar-refractivity contribution is -0.111. The fourth-order valence-electron chi connectivity index (χ4n) is 2.85. The Balaban J connectivity index is 1.71. The molecule has 0 aliphatic heterocycles. The first-order chi connectivity index (χ1) is 14.5. The van der Waals surface area contributed by atoms with Crippen molar-refractivity contribution in [2.45, 2.75) is 0 Å². The van der Waals surface area contributed by atoms with Crippen LogP contribution in [0, 0.1) is 0 Å². The van der Waals surface area contributed by atoms with Crippen LogP contribution >= 0.6 is 11.6 Å². The molecule has 0 aliphatic rings. The first kappa shape index (κ1) is 19.4. The van der Waals surface area contributed by atoms with E-state index in [1.807, 2.05) is 37.5 Å². The number of benzene rings is 2. The number of anilines is 5. The second-order valence-electron chi connectivity index (χ2n) is 6.46. The Morgan fingerprint density at radius 2 is 1.93 bits per heavy atom. The Morgan fingerprint density at radius 1 is 1.10 bits per heavy atom. The number of rotatable bonds is 6. The number of aromatic nitrogens is 4. The van der Waals surface area contributed by atoms with Crippen LogP contribution in [0.2, 0.25) is 5.02 Å². The third kappa shape index (κ3) is 4.39. The number of hydrogen-bond donors (Lipinski definition) is 3. The molecule has 2 aromatic heterocycles. The predicted octanol–water partition coefficient (Wildman–Crippen LogP) is 4.63. The molecule has 0 spiro atoms. The molecule has 0 atom stereocenters. The van der Waals surface area contributed by atoms with Gasteiger partial charge in [-0.05, 0) is 42.5 Å². The summed E-state index contributed by atoms with van der Waals surface area (Å²) in [6, 6.07) is 14.5. The smallest absolute Gasteiger partial charge is 0.247 e. The molecular formula is C21H18ClN7O. The number of carbonyl (C=O) groups excluding carboxylic acids is 1. The van der Waals surface area contributed by atoms with Gasteiger partial charge in [-0.15, -0.1) is 0 Å². The van der Waals surface area contributed by atoms with E-state index in [1.54, 1.807) is 28.9 Å². The first-order valence-electron chi connectivity index (χ1n) is 9.04. The van der Waals surface area contributed by atoms with E-state index in [9.17, 15) is 4.79 Å². The van der Waals surface area contributed by atoms with Gasteiger partial charge in [0.1, 0.15) is 5.82 Å². The van der Waals surface area contributed by atoms with Gasteiger partial charge in [0.25, 0.3) is 0 Å². The van der Waals surface area contributed by atoms with Crippen LogP contribution in [0.4, 0.5) is 29.0 Å². The molecule has 8 nitrogen and oxygen atoms in total. The monoisotopic (exact) mass is 419 g/mol. The van der Waals surface area contributed by atoms with E-state index in [0.29, 0.717) is 33.8 Å². The van der Waals surface area contributed by atoms with Gasteiger partial charge in [0.2, 0.25) is 11.9 Å². The summed E-state index contributed by atoms with van der Waals surface area (Å²) < 4.78 is 1.69. The summed E-state index contributed by atoms with van der Waals surface area (Å²) >= 11 is 6.20. The predicted molar refractivity (Wildman–Crippen MR) is 120 cm³/mol. The van der Waals surface area contributed by atoms with Crippen molar-refractivity contribution in [3.05, 3.63) is 72.4 Å². The molecule has 0 aliphatic carbocycles. The molecule has 9 heteroatoms. The van der Waals surface area contributed by atoms with Crippen LogP contribution in [0.1, 0.15) is 0 Å². The lowest BCUT2D eigenvalue weighted by Crippen LogP contribution is -2.07. The van der Waals surface area contributed by atoms with Crippen LogP contribution in [0.5, 0.6) is 0 Å². The Kier molecular flexibility index (Phi) is 5.32. The number of aryl methyl sites for hydroxylation is 1. The molecule has 4 rings (SSSR count). The van der Waals surface area contributed by atoms with Crippen molar-refractivity contribution in [2.75, 3.05) is 16.0 Å².